The molecule has 0 unspecified atom stereocenters. The zero-order chi connectivity index (χ0) is 13.1. The highest BCUT2D eigenvalue weighted by atomic mass is 16.5. The Hall–Kier alpha value is -1.59. The molecule has 3 rings (SSSR count). The molecule has 0 spiro atoms. The van der Waals surface area contributed by atoms with E-state index in [1.807, 2.05) is 29.2 Å². The number of ether oxygens (including phenoxy) is 1. The molecule has 2 aliphatic rings. The summed E-state index contributed by atoms with van der Waals surface area (Å²) in [6.07, 6.45) is 0. The summed E-state index contributed by atoms with van der Waals surface area (Å²) in [5, 5.41) is 3.30. The summed E-state index contributed by atoms with van der Waals surface area (Å²) in [6, 6.07) is 7.74. The smallest absolute Gasteiger partial charge is 0.241 e. The number of rotatable bonds is 2. The van der Waals surface area contributed by atoms with Gasteiger partial charge in [-0.05, 0) is 12.1 Å². The highest BCUT2D eigenvalue weighted by molar-refractivity contribution is 5.96. The molecule has 5 heteroatoms. The molecule has 5 nitrogen and oxygen atoms in total. The lowest BCUT2D eigenvalue weighted by Crippen LogP contribution is -2.49. The Morgan fingerprint density at radius 3 is 2.84 bits per heavy atom. The molecule has 1 aromatic carbocycles. The molecule has 102 valence electrons. The van der Waals surface area contributed by atoms with Gasteiger partial charge in [0.15, 0.2) is 0 Å². The quantitative estimate of drug-likeness (QED) is 0.832. The van der Waals surface area contributed by atoms with Crippen LogP contribution in [0.15, 0.2) is 24.3 Å². The van der Waals surface area contributed by atoms with Crippen molar-refractivity contribution in [2.45, 2.75) is 0 Å². The number of fused-ring (bicyclic) bond motifs is 1. The fourth-order valence-electron chi connectivity index (χ4n) is 2.57. The second-order valence-electron chi connectivity index (χ2n) is 4.89. The van der Waals surface area contributed by atoms with E-state index in [4.69, 9.17) is 4.74 Å². The third kappa shape index (κ3) is 2.72. The molecule has 0 bridgehead atoms. The Balaban J connectivity index is 1.70. The first-order valence-corrected chi connectivity index (χ1v) is 6.80. The van der Waals surface area contributed by atoms with E-state index in [1.54, 1.807) is 0 Å². The van der Waals surface area contributed by atoms with Gasteiger partial charge in [0.2, 0.25) is 5.91 Å². The van der Waals surface area contributed by atoms with Crippen molar-refractivity contribution < 1.29 is 9.53 Å². The molecule has 0 aliphatic carbocycles. The molecular formula is C14H19N3O2. The van der Waals surface area contributed by atoms with E-state index in [1.165, 1.54) is 0 Å². The van der Waals surface area contributed by atoms with Crippen molar-refractivity contribution in [1.82, 2.24) is 10.2 Å². The Labute approximate surface area is 113 Å². The van der Waals surface area contributed by atoms with Gasteiger partial charge in [0, 0.05) is 26.2 Å². The largest absolute Gasteiger partial charge is 0.490 e. The fourth-order valence-corrected chi connectivity index (χ4v) is 2.57. The van der Waals surface area contributed by atoms with Gasteiger partial charge in [0.05, 0.1) is 18.8 Å². The number of para-hydroxylation sites is 2. The van der Waals surface area contributed by atoms with E-state index in [0.29, 0.717) is 19.7 Å². The predicted molar refractivity (Wildman–Crippen MR) is 73.6 cm³/mol. The minimum absolute atomic E-state index is 0.164. The first-order chi connectivity index (χ1) is 9.34. The van der Waals surface area contributed by atoms with Gasteiger partial charge < -0.3 is 15.0 Å². The minimum Gasteiger partial charge on any atom is -0.490 e. The molecule has 1 aromatic rings. The van der Waals surface area contributed by atoms with Gasteiger partial charge in [0.1, 0.15) is 12.4 Å². The summed E-state index contributed by atoms with van der Waals surface area (Å²) >= 11 is 0. The number of hydrogen-bond acceptors (Lipinski definition) is 4. The van der Waals surface area contributed by atoms with E-state index in [9.17, 15) is 4.79 Å². The Morgan fingerprint density at radius 2 is 2.00 bits per heavy atom. The van der Waals surface area contributed by atoms with E-state index < -0.39 is 0 Å². The average Bonchev–Trinajstić information content (AvgIpc) is 2.47. The summed E-state index contributed by atoms with van der Waals surface area (Å²) < 4.78 is 5.58. The first kappa shape index (κ1) is 12.4. The second kappa shape index (κ2) is 5.59. The van der Waals surface area contributed by atoms with Crippen LogP contribution in [0, 0.1) is 0 Å². The third-order valence-corrected chi connectivity index (χ3v) is 3.60. The normalized spacial score (nSPS) is 19.7. The number of nitrogens with one attached hydrogen (secondary N) is 1. The number of carbonyl (C=O) groups is 1. The van der Waals surface area contributed by atoms with E-state index >= 15 is 0 Å². The van der Waals surface area contributed by atoms with E-state index in [0.717, 1.165) is 37.6 Å². The lowest BCUT2D eigenvalue weighted by molar-refractivity contribution is -0.120. The topological polar surface area (TPSA) is 44.8 Å². The summed E-state index contributed by atoms with van der Waals surface area (Å²) in [7, 11) is 0. The van der Waals surface area contributed by atoms with Crippen molar-refractivity contribution in [3.63, 3.8) is 0 Å². The third-order valence-electron chi connectivity index (χ3n) is 3.60. The monoisotopic (exact) mass is 261 g/mol. The first-order valence-electron chi connectivity index (χ1n) is 6.80. The standard InChI is InChI=1S/C14H19N3O2/c18-14(11-16-7-5-15-6-8-16)17-9-10-19-13-4-2-1-3-12(13)17/h1-4,15H,5-11H2. The Kier molecular flexibility index (Phi) is 3.66. The summed E-state index contributed by atoms with van der Waals surface area (Å²) in [5.74, 6) is 0.972. The van der Waals surface area contributed by atoms with Gasteiger partial charge >= 0.3 is 0 Å². The number of benzene rings is 1. The number of nitrogens with zero attached hydrogens (tertiary/aromatic N) is 2. The molecule has 1 N–H and O–H groups in total. The predicted octanol–water partition coefficient (Wildman–Crippen LogP) is 0.317. The zero-order valence-electron chi connectivity index (χ0n) is 11.0. The maximum absolute atomic E-state index is 12.4. The van der Waals surface area contributed by atoms with E-state index in [-0.39, 0.29) is 5.91 Å². The molecule has 1 fully saturated rings. The average molecular weight is 261 g/mol. The SMILES string of the molecule is O=C(CN1CCNCC1)N1CCOc2ccccc21. The molecule has 0 saturated carbocycles. The minimum atomic E-state index is 0.164. The van der Waals surface area contributed by atoms with Crippen molar-refractivity contribution in [3.8, 4) is 5.75 Å². The molecular weight excluding hydrogens is 242 g/mol. The van der Waals surface area contributed by atoms with Crippen LogP contribution in [0.5, 0.6) is 5.75 Å². The maximum atomic E-state index is 12.4. The van der Waals surface area contributed by atoms with Crippen LogP contribution in [0.1, 0.15) is 0 Å². The lowest BCUT2D eigenvalue weighted by Gasteiger charge is -2.32. The number of hydrogen-bond donors (Lipinski definition) is 1. The van der Waals surface area contributed by atoms with Crippen LogP contribution in [-0.2, 0) is 4.79 Å². The summed E-state index contributed by atoms with van der Waals surface area (Å²) in [6.45, 7) is 5.53. The van der Waals surface area contributed by atoms with E-state index in [2.05, 4.69) is 10.2 Å². The zero-order valence-corrected chi connectivity index (χ0v) is 11.0. The van der Waals surface area contributed by atoms with Crippen LogP contribution in [0.25, 0.3) is 0 Å². The molecule has 2 aliphatic heterocycles. The Bertz CT molecular complexity index is 458. The van der Waals surface area contributed by atoms with Crippen LogP contribution in [0.2, 0.25) is 0 Å². The van der Waals surface area contributed by atoms with Crippen molar-refractivity contribution in [3.05, 3.63) is 24.3 Å². The molecule has 19 heavy (non-hydrogen) atoms. The van der Waals surface area contributed by atoms with Gasteiger partial charge in [-0.1, -0.05) is 12.1 Å². The van der Waals surface area contributed by atoms with Crippen molar-refractivity contribution in [2.24, 2.45) is 0 Å². The number of anilines is 1. The molecule has 1 amide bonds. The van der Waals surface area contributed by atoms with Gasteiger partial charge in [-0.25, -0.2) is 0 Å². The van der Waals surface area contributed by atoms with Gasteiger partial charge in [-0.15, -0.1) is 0 Å². The number of piperazine rings is 1. The van der Waals surface area contributed by atoms with Crippen LogP contribution < -0.4 is 15.0 Å². The van der Waals surface area contributed by atoms with Crippen LogP contribution in [-0.4, -0.2) is 56.7 Å². The number of amides is 1. The maximum Gasteiger partial charge on any atom is 0.241 e. The van der Waals surface area contributed by atoms with Crippen molar-refractivity contribution in [2.75, 3.05) is 50.8 Å². The van der Waals surface area contributed by atoms with Gasteiger partial charge in [-0.3, -0.25) is 9.69 Å². The fraction of sp³-hybridized carbons (Fsp3) is 0.500. The van der Waals surface area contributed by atoms with Crippen LogP contribution >= 0.6 is 0 Å². The molecule has 0 radical (unpaired) electrons. The summed E-state index contributed by atoms with van der Waals surface area (Å²) in [5.41, 5.74) is 0.897. The Morgan fingerprint density at radius 1 is 1.21 bits per heavy atom. The van der Waals surface area contributed by atoms with Gasteiger partial charge in [-0.2, -0.15) is 0 Å². The highest BCUT2D eigenvalue weighted by Crippen LogP contribution is 2.30. The summed E-state index contributed by atoms with van der Waals surface area (Å²) in [4.78, 5) is 16.5. The van der Waals surface area contributed by atoms with Crippen LogP contribution in [0.3, 0.4) is 0 Å². The number of carbonyl (C=O) groups excluding carboxylic acids is 1. The molecule has 0 atom stereocenters. The lowest BCUT2D eigenvalue weighted by atomic mass is 10.2. The molecule has 1 saturated heterocycles. The molecule has 2 heterocycles. The molecule has 0 aromatic heterocycles. The van der Waals surface area contributed by atoms with Crippen LogP contribution in [0.4, 0.5) is 5.69 Å². The van der Waals surface area contributed by atoms with Crippen molar-refractivity contribution in [1.29, 1.82) is 0 Å². The van der Waals surface area contributed by atoms with Gasteiger partial charge in [0.25, 0.3) is 0 Å². The second-order valence-corrected chi connectivity index (χ2v) is 4.89. The van der Waals surface area contributed by atoms with Crippen molar-refractivity contribution >= 4 is 11.6 Å². The highest BCUT2D eigenvalue weighted by Gasteiger charge is 2.25.